The molecule has 0 radical (unpaired) electrons. The lowest BCUT2D eigenvalue weighted by atomic mass is 10.1. The Bertz CT molecular complexity index is 749. The van der Waals surface area contributed by atoms with Crippen LogP contribution in [-0.2, 0) is 0 Å². The van der Waals surface area contributed by atoms with Gasteiger partial charge in [-0.3, -0.25) is 0 Å². The maximum atomic E-state index is 5.80. The van der Waals surface area contributed by atoms with Gasteiger partial charge < -0.3 is 9.15 Å². The minimum atomic E-state index is 0.627. The summed E-state index contributed by atoms with van der Waals surface area (Å²) in [5, 5.41) is 0. The molecule has 3 rings (SSSR count). The summed E-state index contributed by atoms with van der Waals surface area (Å²) < 4.78 is 12.0. The predicted molar refractivity (Wildman–Crippen MR) is 78.4 cm³/mol. The topological polar surface area (TPSA) is 35.3 Å². The summed E-state index contributed by atoms with van der Waals surface area (Å²) in [4.78, 5) is 4.53. The van der Waals surface area contributed by atoms with Crippen LogP contribution in [0.4, 0.5) is 0 Å². The SMILES string of the molecule is COc1ccc2oc(-c3cccc(Br)c3C)nc2c1. The van der Waals surface area contributed by atoms with Gasteiger partial charge in [0.25, 0.3) is 0 Å². The van der Waals surface area contributed by atoms with Crippen LogP contribution in [0.1, 0.15) is 5.56 Å². The van der Waals surface area contributed by atoms with Crippen molar-refractivity contribution in [3.63, 3.8) is 0 Å². The number of aromatic nitrogens is 1. The van der Waals surface area contributed by atoms with E-state index in [4.69, 9.17) is 9.15 Å². The van der Waals surface area contributed by atoms with Crippen LogP contribution in [0.15, 0.2) is 45.3 Å². The van der Waals surface area contributed by atoms with Crippen molar-refractivity contribution < 1.29 is 9.15 Å². The van der Waals surface area contributed by atoms with Gasteiger partial charge in [-0.1, -0.05) is 22.0 Å². The van der Waals surface area contributed by atoms with Crippen molar-refractivity contribution in [3.05, 3.63) is 46.4 Å². The van der Waals surface area contributed by atoms with Crippen molar-refractivity contribution >= 4 is 27.0 Å². The first kappa shape index (κ1) is 12.2. The van der Waals surface area contributed by atoms with Crippen LogP contribution in [0.3, 0.4) is 0 Å². The van der Waals surface area contributed by atoms with Gasteiger partial charge in [-0.15, -0.1) is 0 Å². The molecule has 1 heterocycles. The van der Waals surface area contributed by atoms with E-state index >= 15 is 0 Å². The molecule has 96 valence electrons. The Hall–Kier alpha value is -1.81. The molecule has 0 fully saturated rings. The van der Waals surface area contributed by atoms with Crippen LogP contribution in [-0.4, -0.2) is 12.1 Å². The average molecular weight is 318 g/mol. The summed E-state index contributed by atoms with van der Waals surface area (Å²) in [5.41, 5.74) is 3.66. The third-order valence-corrected chi connectivity index (χ3v) is 3.95. The Kier molecular flexibility index (Phi) is 3.03. The Balaban J connectivity index is 2.18. The van der Waals surface area contributed by atoms with Crippen LogP contribution in [0.5, 0.6) is 5.75 Å². The minimum Gasteiger partial charge on any atom is -0.497 e. The molecule has 0 N–H and O–H groups in total. The van der Waals surface area contributed by atoms with E-state index in [0.29, 0.717) is 5.89 Å². The number of oxazole rings is 1. The van der Waals surface area contributed by atoms with Gasteiger partial charge in [0, 0.05) is 16.1 Å². The van der Waals surface area contributed by atoms with Crippen LogP contribution < -0.4 is 4.74 Å². The van der Waals surface area contributed by atoms with Gasteiger partial charge in [0.2, 0.25) is 5.89 Å². The van der Waals surface area contributed by atoms with Gasteiger partial charge in [0.05, 0.1) is 7.11 Å². The highest BCUT2D eigenvalue weighted by atomic mass is 79.9. The monoisotopic (exact) mass is 317 g/mol. The van der Waals surface area contributed by atoms with Gasteiger partial charge in [0.1, 0.15) is 11.3 Å². The number of fused-ring (bicyclic) bond motifs is 1. The van der Waals surface area contributed by atoms with Crippen molar-refractivity contribution in [2.24, 2.45) is 0 Å². The molecule has 0 bridgehead atoms. The first-order chi connectivity index (χ1) is 9.19. The molecular formula is C15H12BrNO2. The molecule has 1 aromatic heterocycles. The van der Waals surface area contributed by atoms with E-state index in [0.717, 1.165) is 32.4 Å². The van der Waals surface area contributed by atoms with Crippen molar-refractivity contribution in [2.45, 2.75) is 6.92 Å². The largest absolute Gasteiger partial charge is 0.497 e. The van der Waals surface area contributed by atoms with Gasteiger partial charge in [-0.05, 0) is 36.8 Å². The molecule has 3 aromatic rings. The maximum absolute atomic E-state index is 5.80. The number of halogens is 1. The number of rotatable bonds is 2. The van der Waals surface area contributed by atoms with Crippen LogP contribution in [0.2, 0.25) is 0 Å². The normalized spacial score (nSPS) is 10.9. The highest BCUT2D eigenvalue weighted by Crippen LogP contribution is 2.31. The first-order valence-corrected chi connectivity index (χ1v) is 6.68. The van der Waals surface area contributed by atoms with E-state index in [1.165, 1.54) is 0 Å². The number of hydrogen-bond donors (Lipinski definition) is 0. The van der Waals surface area contributed by atoms with Gasteiger partial charge in [-0.25, -0.2) is 4.98 Å². The second-order valence-corrected chi connectivity index (χ2v) is 5.12. The first-order valence-electron chi connectivity index (χ1n) is 5.89. The molecule has 0 unspecified atom stereocenters. The molecule has 0 saturated heterocycles. The molecule has 4 heteroatoms. The van der Waals surface area contributed by atoms with E-state index < -0.39 is 0 Å². The number of methoxy groups -OCH3 is 1. The third kappa shape index (κ3) is 2.12. The summed E-state index contributed by atoms with van der Waals surface area (Å²) >= 11 is 3.52. The van der Waals surface area contributed by atoms with Crippen molar-refractivity contribution in [3.8, 4) is 17.2 Å². The van der Waals surface area contributed by atoms with Crippen LogP contribution >= 0.6 is 15.9 Å². The third-order valence-electron chi connectivity index (χ3n) is 3.09. The molecule has 3 nitrogen and oxygen atoms in total. The number of hydrogen-bond acceptors (Lipinski definition) is 3. The molecule has 0 aliphatic rings. The van der Waals surface area contributed by atoms with Crippen molar-refractivity contribution in [1.29, 1.82) is 0 Å². The van der Waals surface area contributed by atoms with Crippen molar-refractivity contribution in [2.75, 3.05) is 7.11 Å². The molecule has 0 aliphatic carbocycles. The molecule has 0 amide bonds. The maximum Gasteiger partial charge on any atom is 0.227 e. The smallest absolute Gasteiger partial charge is 0.227 e. The van der Waals surface area contributed by atoms with Gasteiger partial charge >= 0.3 is 0 Å². The second kappa shape index (κ2) is 4.70. The Labute approximate surface area is 119 Å². The highest BCUT2D eigenvalue weighted by molar-refractivity contribution is 9.10. The summed E-state index contributed by atoms with van der Waals surface area (Å²) in [6.07, 6.45) is 0. The standard InChI is InChI=1S/C15H12BrNO2/c1-9-11(4-3-5-12(9)16)15-17-13-8-10(18-2)6-7-14(13)19-15/h3-8H,1-2H3. The fourth-order valence-corrected chi connectivity index (χ4v) is 2.35. The average Bonchev–Trinajstić information content (AvgIpc) is 2.84. The molecule has 0 aliphatic heterocycles. The summed E-state index contributed by atoms with van der Waals surface area (Å²) in [7, 11) is 1.64. The molecule has 19 heavy (non-hydrogen) atoms. The fourth-order valence-electron chi connectivity index (χ4n) is 1.99. The summed E-state index contributed by atoms with van der Waals surface area (Å²) in [6, 6.07) is 11.6. The highest BCUT2D eigenvalue weighted by Gasteiger charge is 2.12. The summed E-state index contributed by atoms with van der Waals surface area (Å²) in [6.45, 7) is 2.04. The van der Waals surface area contributed by atoms with E-state index in [-0.39, 0.29) is 0 Å². The van der Waals surface area contributed by atoms with Crippen molar-refractivity contribution in [1.82, 2.24) is 4.98 Å². The van der Waals surface area contributed by atoms with Gasteiger partial charge in [0.15, 0.2) is 5.58 Å². The lowest BCUT2D eigenvalue weighted by Crippen LogP contribution is -1.84. The number of benzene rings is 2. The lowest BCUT2D eigenvalue weighted by molar-refractivity contribution is 0.415. The fraction of sp³-hybridized carbons (Fsp3) is 0.133. The zero-order valence-electron chi connectivity index (χ0n) is 10.6. The Morgan fingerprint density at radius 2 is 2.05 bits per heavy atom. The minimum absolute atomic E-state index is 0.627. The zero-order chi connectivity index (χ0) is 13.4. The summed E-state index contributed by atoms with van der Waals surface area (Å²) in [5.74, 6) is 1.40. The number of ether oxygens (including phenoxy) is 1. The zero-order valence-corrected chi connectivity index (χ0v) is 12.2. The molecule has 0 spiro atoms. The number of nitrogens with zero attached hydrogens (tertiary/aromatic N) is 1. The van der Waals surface area contributed by atoms with Gasteiger partial charge in [-0.2, -0.15) is 0 Å². The molecular weight excluding hydrogens is 306 g/mol. The van der Waals surface area contributed by atoms with Crippen LogP contribution in [0, 0.1) is 6.92 Å². The van der Waals surface area contributed by atoms with E-state index in [9.17, 15) is 0 Å². The lowest BCUT2D eigenvalue weighted by Gasteiger charge is -2.02. The molecule has 0 saturated carbocycles. The quantitative estimate of drug-likeness (QED) is 0.694. The predicted octanol–water partition coefficient (Wildman–Crippen LogP) is 4.57. The molecule has 2 aromatic carbocycles. The Morgan fingerprint density at radius 3 is 2.84 bits per heavy atom. The second-order valence-electron chi connectivity index (χ2n) is 4.27. The van der Waals surface area contributed by atoms with Crippen LogP contribution in [0.25, 0.3) is 22.6 Å². The van der Waals surface area contributed by atoms with E-state index in [2.05, 4.69) is 20.9 Å². The molecule has 0 atom stereocenters. The van der Waals surface area contributed by atoms with E-state index in [1.54, 1.807) is 7.11 Å². The Morgan fingerprint density at radius 1 is 1.21 bits per heavy atom. The van der Waals surface area contributed by atoms with E-state index in [1.807, 2.05) is 43.3 Å².